The Balaban J connectivity index is 1.66. The fourth-order valence-corrected chi connectivity index (χ4v) is 4.04. The minimum atomic E-state index is 0.716. The average molecular weight is 317 g/mol. The third-order valence-electron chi connectivity index (χ3n) is 5.95. The van der Waals surface area contributed by atoms with Crippen molar-refractivity contribution in [3.63, 3.8) is 0 Å². The van der Waals surface area contributed by atoms with Gasteiger partial charge in [-0.05, 0) is 72.3 Å². The van der Waals surface area contributed by atoms with E-state index >= 15 is 0 Å². The van der Waals surface area contributed by atoms with Crippen molar-refractivity contribution in [3.05, 3.63) is 59.7 Å². The Kier molecular flexibility index (Phi) is 5.36. The highest BCUT2D eigenvalue weighted by Crippen LogP contribution is 2.39. The lowest BCUT2D eigenvalue weighted by Gasteiger charge is -2.32. The second-order valence-electron chi connectivity index (χ2n) is 7.31. The first kappa shape index (κ1) is 16.8. The smallest absolute Gasteiger partial charge is 0.0991 e. The molecule has 0 amide bonds. The van der Waals surface area contributed by atoms with Gasteiger partial charge in [0.2, 0.25) is 0 Å². The van der Waals surface area contributed by atoms with Crippen molar-refractivity contribution in [1.29, 1.82) is 5.26 Å². The van der Waals surface area contributed by atoms with Gasteiger partial charge in [-0.15, -0.1) is 0 Å². The number of nitrogens with zero attached hydrogens (tertiary/aromatic N) is 1. The summed E-state index contributed by atoms with van der Waals surface area (Å²) in [4.78, 5) is 0. The fourth-order valence-electron chi connectivity index (χ4n) is 4.04. The highest BCUT2D eigenvalue weighted by Gasteiger charge is 2.25. The second-order valence-corrected chi connectivity index (χ2v) is 7.31. The first-order chi connectivity index (χ1) is 11.7. The molecule has 0 aliphatic heterocycles. The van der Waals surface area contributed by atoms with Crippen LogP contribution in [0.3, 0.4) is 0 Å². The number of rotatable bonds is 4. The third kappa shape index (κ3) is 3.70. The normalized spacial score (nSPS) is 21.9. The van der Waals surface area contributed by atoms with Crippen LogP contribution >= 0.6 is 0 Å². The zero-order valence-corrected chi connectivity index (χ0v) is 14.8. The Labute approximate surface area is 146 Å². The molecule has 1 aliphatic carbocycles. The van der Waals surface area contributed by atoms with E-state index in [1.807, 2.05) is 24.3 Å². The molecule has 0 N–H and O–H groups in total. The fraction of sp³-hybridized carbons (Fsp3) is 0.435. The predicted octanol–water partition coefficient (Wildman–Crippen LogP) is 6.55. The predicted molar refractivity (Wildman–Crippen MR) is 101 cm³/mol. The Bertz CT molecular complexity index is 682. The lowest BCUT2D eigenvalue weighted by atomic mass is 9.73. The van der Waals surface area contributed by atoms with Crippen LogP contribution in [0.1, 0.15) is 63.0 Å². The largest absolute Gasteiger partial charge is 0.192 e. The maximum Gasteiger partial charge on any atom is 0.0991 e. The van der Waals surface area contributed by atoms with Gasteiger partial charge < -0.3 is 0 Å². The van der Waals surface area contributed by atoms with Crippen LogP contribution in [0.15, 0.2) is 48.5 Å². The van der Waals surface area contributed by atoms with E-state index in [0.29, 0.717) is 5.56 Å². The molecule has 3 rings (SSSR count). The minimum absolute atomic E-state index is 0.716. The number of hydrogen-bond donors (Lipinski definition) is 0. The summed E-state index contributed by atoms with van der Waals surface area (Å²) in [5, 5.41) is 8.90. The summed E-state index contributed by atoms with van der Waals surface area (Å²) in [5.41, 5.74) is 4.63. The van der Waals surface area contributed by atoms with E-state index in [-0.39, 0.29) is 0 Å². The molecule has 124 valence electrons. The van der Waals surface area contributed by atoms with Gasteiger partial charge >= 0.3 is 0 Å². The van der Waals surface area contributed by atoms with Crippen LogP contribution in [0.5, 0.6) is 0 Å². The molecule has 0 radical (unpaired) electrons. The van der Waals surface area contributed by atoms with E-state index in [1.165, 1.54) is 48.8 Å². The van der Waals surface area contributed by atoms with E-state index in [1.54, 1.807) is 0 Å². The molecular formula is C23H27N. The summed E-state index contributed by atoms with van der Waals surface area (Å²) < 4.78 is 0. The van der Waals surface area contributed by atoms with Crippen molar-refractivity contribution < 1.29 is 0 Å². The molecule has 1 heteroatoms. The summed E-state index contributed by atoms with van der Waals surface area (Å²) in [6.45, 7) is 4.73. The van der Waals surface area contributed by atoms with Crippen molar-refractivity contribution >= 4 is 0 Å². The SMILES string of the molecule is CCC(C)C1CCC(c2ccc(-c3ccc(C#N)cc3)cc2)CC1. The minimum Gasteiger partial charge on any atom is -0.192 e. The molecule has 0 saturated heterocycles. The van der Waals surface area contributed by atoms with Crippen LogP contribution in [-0.4, -0.2) is 0 Å². The molecule has 1 fully saturated rings. The number of benzene rings is 2. The maximum atomic E-state index is 8.90. The quantitative estimate of drug-likeness (QED) is 0.627. The molecule has 0 spiro atoms. The highest BCUT2D eigenvalue weighted by molar-refractivity contribution is 5.64. The van der Waals surface area contributed by atoms with E-state index in [9.17, 15) is 0 Å². The van der Waals surface area contributed by atoms with Crippen molar-refractivity contribution in [1.82, 2.24) is 0 Å². The molecule has 2 aromatic rings. The summed E-state index contributed by atoms with van der Waals surface area (Å²) in [6, 6.07) is 19.1. The highest BCUT2D eigenvalue weighted by atomic mass is 14.3. The van der Waals surface area contributed by atoms with Crippen LogP contribution < -0.4 is 0 Å². The standard InChI is InChI=1S/C23H27N/c1-3-17(2)19-8-10-21(11-9-19)23-14-12-22(13-15-23)20-6-4-18(16-24)5-7-20/h4-7,12-15,17,19,21H,3,8-11H2,1-2H3. The lowest BCUT2D eigenvalue weighted by Crippen LogP contribution is -2.18. The summed E-state index contributed by atoms with van der Waals surface area (Å²) >= 11 is 0. The zero-order chi connectivity index (χ0) is 16.9. The van der Waals surface area contributed by atoms with Crippen molar-refractivity contribution in [2.45, 2.75) is 51.9 Å². The Hall–Kier alpha value is -2.07. The number of hydrogen-bond acceptors (Lipinski definition) is 1. The van der Waals surface area contributed by atoms with Gasteiger partial charge in [-0.1, -0.05) is 56.7 Å². The molecule has 0 bridgehead atoms. The summed E-state index contributed by atoms with van der Waals surface area (Å²) in [5.74, 6) is 2.55. The van der Waals surface area contributed by atoms with Crippen LogP contribution in [-0.2, 0) is 0 Å². The van der Waals surface area contributed by atoms with Gasteiger partial charge in [0.25, 0.3) is 0 Å². The van der Waals surface area contributed by atoms with Gasteiger partial charge in [-0.25, -0.2) is 0 Å². The van der Waals surface area contributed by atoms with Gasteiger partial charge in [0, 0.05) is 0 Å². The molecule has 24 heavy (non-hydrogen) atoms. The van der Waals surface area contributed by atoms with E-state index in [0.717, 1.165) is 17.8 Å². The maximum absolute atomic E-state index is 8.90. The van der Waals surface area contributed by atoms with Crippen LogP contribution in [0.25, 0.3) is 11.1 Å². The first-order valence-electron chi connectivity index (χ1n) is 9.31. The molecule has 1 nitrogen and oxygen atoms in total. The zero-order valence-electron chi connectivity index (χ0n) is 14.8. The van der Waals surface area contributed by atoms with Crippen LogP contribution in [0.4, 0.5) is 0 Å². The van der Waals surface area contributed by atoms with Crippen molar-refractivity contribution in [2.24, 2.45) is 11.8 Å². The van der Waals surface area contributed by atoms with Gasteiger partial charge in [0.15, 0.2) is 0 Å². The van der Waals surface area contributed by atoms with Gasteiger partial charge in [0.05, 0.1) is 11.6 Å². The summed E-state index contributed by atoms with van der Waals surface area (Å²) in [7, 11) is 0. The monoisotopic (exact) mass is 317 g/mol. The Morgan fingerprint density at radius 3 is 1.96 bits per heavy atom. The van der Waals surface area contributed by atoms with E-state index in [4.69, 9.17) is 5.26 Å². The van der Waals surface area contributed by atoms with Crippen molar-refractivity contribution in [2.75, 3.05) is 0 Å². The average Bonchev–Trinajstić information content (AvgIpc) is 2.68. The lowest BCUT2D eigenvalue weighted by molar-refractivity contribution is 0.241. The molecule has 2 aromatic carbocycles. The van der Waals surface area contributed by atoms with Gasteiger partial charge in [-0.3, -0.25) is 0 Å². The Morgan fingerprint density at radius 1 is 0.917 bits per heavy atom. The molecule has 1 unspecified atom stereocenters. The van der Waals surface area contributed by atoms with Gasteiger partial charge in [0.1, 0.15) is 0 Å². The summed E-state index contributed by atoms with van der Waals surface area (Å²) in [6.07, 6.45) is 6.76. The second kappa shape index (κ2) is 7.67. The molecule has 1 aliphatic rings. The molecule has 1 saturated carbocycles. The van der Waals surface area contributed by atoms with Gasteiger partial charge in [-0.2, -0.15) is 5.26 Å². The van der Waals surface area contributed by atoms with Crippen LogP contribution in [0.2, 0.25) is 0 Å². The topological polar surface area (TPSA) is 23.8 Å². The molecule has 0 aromatic heterocycles. The van der Waals surface area contributed by atoms with E-state index in [2.05, 4.69) is 44.2 Å². The first-order valence-corrected chi connectivity index (χ1v) is 9.31. The third-order valence-corrected chi connectivity index (χ3v) is 5.95. The van der Waals surface area contributed by atoms with Crippen LogP contribution in [0, 0.1) is 23.2 Å². The van der Waals surface area contributed by atoms with E-state index < -0.39 is 0 Å². The Morgan fingerprint density at radius 2 is 1.46 bits per heavy atom. The molecule has 1 atom stereocenters. The van der Waals surface area contributed by atoms with Crippen molar-refractivity contribution in [3.8, 4) is 17.2 Å². The molecular weight excluding hydrogens is 290 g/mol. The molecule has 0 heterocycles. The number of nitriles is 1.